The third-order valence-corrected chi connectivity index (χ3v) is 2.45. The fraction of sp³-hybridized carbons (Fsp3) is 0.167. The number of rotatable bonds is 2. The van der Waals surface area contributed by atoms with Crippen molar-refractivity contribution in [2.24, 2.45) is 5.90 Å². The van der Waals surface area contributed by atoms with Crippen LogP contribution in [-0.4, -0.2) is 0 Å². The lowest BCUT2D eigenvalue weighted by Crippen LogP contribution is -2.04. The van der Waals surface area contributed by atoms with Crippen LogP contribution in [0.1, 0.15) is 18.6 Å². The molecule has 0 saturated heterocycles. The first-order valence-corrected chi connectivity index (χ1v) is 4.65. The maximum absolute atomic E-state index is 5.15. The molecule has 0 fully saturated rings. The smallest absolute Gasteiger partial charge is 0.101 e. The van der Waals surface area contributed by atoms with Gasteiger partial charge in [-0.2, -0.15) is 0 Å². The largest absolute Gasteiger partial charge is 0.297 e. The van der Waals surface area contributed by atoms with Gasteiger partial charge >= 0.3 is 0 Å². The fourth-order valence-electron chi connectivity index (χ4n) is 1.54. The molecule has 0 saturated carbocycles. The van der Waals surface area contributed by atoms with Crippen molar-refractivity contribution >= 4 is 10.8 Å². The number of nitrogens with two attached hydrogens (primary N) is 1. The molecule has 0 heterocycles. The number of hydrogen-bond donors (Lipinski definition) is 1. The fourth-order valence-corrected chi connectivity index (χ4v) is 1.54. The van der Waals surface area contributed by atoms with E-state index in [1.54, 1.807) is 0 Å². The monoisotopic (exact) mass is 187 g/mol. The van der Waals surface area contributed by atoms with Crippen LogP contribution in [-0.2, 0) is 4.84 Å². The minimum atomic E-state index is -0.0559. The Labute approximate surface area is 83.3 Å². The Morgan fingerprint density at radius 1 is 1.07 bits per heavy atom. The Morgan fingerprint density at radius 3 is 2.50 bits per heavy atom. The van der Waals surface area contributed by atoms with Gasteiger partial charge in [0, 0.05) is 0 Å². The summed E-state index contributed by atoms with van der Waals surface area (Å²) in [5, 5.41) is 2.45. The normalized spacial score (nSPS) is 13.0. The summed E-state index contributed by atoms with van der Waals surface area (Å²) < 4.78 is 0. The second-order valence-corrected chi connectivity index (χ2v) is 3.38. The van der Waals surface area contributed by atoms with Crippen molar-refractivity contribution < 1.29 is 4.84 Å². The Morgan fingerprint density at radius 2 is 1.79 bits per heavy atom. The van der Waals surface area contributed by atoms with E-state index in [2.05, 4.69) is 24.3 Å². The van der Waals surface area contributed by atoms with Gasteiger partial charge in [0.15, 0.2) is 0 Å². The lowest BCUT2D eigenvalue weighted by Gasteiger charge is -2.09. The molecule has 0 aliphatic heterocycles. The van der Waals surface area contributed by atoms with Gasteiger partial charge in [0.05, 0.1) is 0 Å². The molecule has 2 aromatic rings. The molecule has 2 nitrogen and oxygen atoms in total. The molecular formula is C12H13NO. The summed E-state index contributed by atoms with van der Waals surface area (Å²) in [7, 11) is 0. The highest BCUT2D eigenvalue weighted by Crippen LogP contribution is 2.21. The molecule has 0 aromatic heterocycles. The molecule has 2 N–H and O–H groups in total. The van der Waals surface area contributed by atoms with Gasteiger partial charge in [0.25, 0.3) is 0 Å². The van der Waals surface area contributed by atoms with Crippen LogP contribution in [0.25, 0.3) is 10.8 Å². The molecule has 0 radical (unpaired) electrons. The van der Waals surface area contributed by atoms with E-state index in [0.717, 1.165) is 5.56 Å². The minimum Gasteiger partial charge on any atom is -0.297 e. The van der Waals surface area contributed by atoms with Crippen molar-refractivity contribution in [3.63, 3.8) is 0 Å². The molecular weight excluding hydrogens is 174 g/mol. The molecule has 0 spiro atoms. The van der Waals surface area contributed by atoms with E-state index >= 15 is 0 Å². The van der Waals surface area contributed by atoms with Crippen molar-refractivity contribution in [3.05, 3.63) is 48.0 Å². The maximum Gasteiger partial charge on any atom is 0.101 e. The molecule has 0 aliphatic carbocycles. The van der Waals surface area contributed by atoms with Crippen molar-refractivity contribution in [2.75, 3.05) is 0 Å². The first-order valence-electron chi connectivity index (χ1n) is 4.65. The zero-order chi connectivity index (χ0) is 9.97. The SMILES string of the molecule is CC(ON)c1ccc2ccccc2c1. The summed E-state index contributed by atoms with van der Waals surface area (Å²) in [6.07, 6.45) is -0.0559. The average Bonchev–Trinajstić information content (AvgIpc) is 2.27. The first-order chi connectivity index (χ1) is 6.81. The molecule has 0 aliphatic rings. The summed E-state index contributed by atoms with van der Waals surface area (Å²) >= 11 is 0. The van der Waals surface area contributed by atoms with Crippen molar-refractivity contribution in [1.82, 2.24) is 0 Å². The lowest BCUT2D eigenvalue weighted by atomic mass is 10.0. The second kappa shape index (κ2) is 3.78. The Bertz CT molecular complexity index is 439. The summed E-state index contributed by atoms with van der Waals surface area (Å²) in [5.41, 5.74) is 1.10. The average molecular weight is 187 g/mol. The van der Waals surface area contributed by atoms with Gasteiger partial charge in [0.2, 0.25) is 0 Å². The van der Waals surface area contributed by atoms with Crippen molar-refractivity contribution in [2.45, 2.75) is 13.0 Å². The van der Waals surface area contributed by atoms with Crippen LogP contribution in [0.15, 0.2) is 42.5 Å². The van der Waals surface area contributed by atoms with Gasteiger partial charge in [-0.05, 0) is 29.3 Å². The van der Waals surface area contributed by atoms with E-state index in [1.807, 2.05) is 25.1 Å². The minimum absolute atomic E-state index is 0.0559. The number of fused-ring (bicyclic) bond motifs is 1. The molecule has 2 aromatic carbocycles. The number of hydrogen-bond acceptors (Lipinski definition) is 2. The zero-order valence-corrected chi connectivity index (χ0v) is 8.10. The molecule has 0 amide bonds. The lowest BCUT2D eigenvalue weighted by molar-refractivity contribution is 0.0665. The number of benzene rings is 2. The highest BCUT2D eigenvalue weighted by atomic mass is 16.6. The van der Waals surface area contributed by atoms with Gasteiger partial charge in [-0.25, -0.2) is 5.90 Å². The highest BCUT2D eigenvalue weighted by molar-refractivity contribution is 5.83. The summed E-state index contributed by atoms with van der Waals surface area (Å²) in [4.78, 5) is 4.79. The van der Waals surface area contributed by atoms with E-state index in [4.69, 9.17) is 10.7 Å². The topological polar surface area (TPSA) is 35.2 Å². The van der Waals surface area contributed by atoms with Crippen LogP contribution in [0, 0.1) is 0 Å². The quantitative estimate of drug-likeness (QED) is 0.734. The molecule has 0 bridgehead atoms. The van der Waals surface area contributed by atoms with Crippen molar-refractivity contribution in [3.8, 4) is 0 Å². The highest BCUT2D eigenvalue weighted by Gasteiger charge is 2.04. The van der Waals surface area contributed by atoms with Crippen LogP contribution in [0.2, 0.25) is 0 Å². The Hall–Kier alpha value is -1.38. The molecule has 72 valence electrons. The summed E-state index contributed by atoms with van der Waals surface area (Å²) in [6, 6.07) is 14.5. The van der Waals surface area contributed by atoms with E-state index in [1.165, 1.54) is 10.8 Å². The maximum atomic E-state index is 5.15. The van der Waals surface area contributed by atoms with Gasteiger partial charge in [-0.3, -0.25) is 4.84 Å². The van der Waals surface area contributed by atoms with Gasteiger partial charge in [-0.1, -0.05) is 36.4 Å². The van der Waals surface area contributed by atoms with Crippen LogP contribution in [0.5, 0.6) is 0 Å². The predicted molar refractivity (Wildman–Crippen MR) is 57.6 cm³/mol. The zero-order valence-electron chi connectivity index (χ0n) is 8.10. The third kappa shape index (κ3) is 1.62. The van der Waals surface area contributed by atoms with Crippen LogP contribution in [0.4, 0.5) is 0 Å². The van der Waals surface area contributed by atoms with Crippen molar-refractivity contribution in [1.29, 1.82) is 0 Å². The van der Waals surface area contributed by atoms with Gasteiger partial charge in [0.1, 0.15) is 6.10 Å². The van der Waals surface area contributed by atoms with E-state index in [-0.39, 0.29) is 6.10 Å². The molecule has 2 heteroatoms. The van der Waals surface area contributed by atoms with E-state index in [9.17, 15) is 0 Å². The van der Waals surface area contributed by atoms with Crippen LogP contribution in [0.3, 0.4) is 0 Å². The summed E-state index contributed by atoms with van der Waals surface area (Å²) in [6.45, 7) is 1.93. The standard InChI is InChI=1S/C12H13NO/c1-9(14-13)11-7-6-10-4-2-3-5-12(10)8-11/h2-9H,13H2,1H3. The second-order valence-electron chi connectivity index (χ2n) is 3.38. The first kappa shape index (κ1) is 9.19. The Kier molecular flexibility index (Phi) is 2.48. The van der Waals surface area contributed by atoms with Gasteiger partial charge < -0.3 is 0 Å². The van der Waals surface area contributed by atoms with E-state index in [0.29, 0.717) is 0 Å². The van der Waals surface area contributed by atoms with Gasteiger partial charge in [-0.15, -0.1) is 0 Å². The predicted octanol–water partition coefficient (Wildman–Crippen LogP) is 2.79. The van der Waals surface area contributed by atoms with Crippen LogP contribution < -0.4 is 5.90 Å². The summed E-state index contributed by atoms with van der Waals surface area (Å²) in [5.74, 6) is 5.15. The molecule has 1 unspecified atom stereocenters. The molecule has 2 rings (SSSR count). The Balaban J connectivity index is 2.51. The van der Waals surface area contributed by atoms with E-state index < -0.39 is 0 Å². The van der Waals surface area contributed by atoms with Crippen LogP contribution >= 0.6 is 0 Å². The molecule has 14 heavy (non-hydrogen) atoms. The molecule has 1 atom stereocenters. The third-order valence-electron chi connectivity index (χ3n) is 2.45.